The number of aliphatic hydroxyl groups excluding tert-OH is 1. The molecule has 0 unspecified atom stereocenters. The van der Waals surface area contributed by atoms with Gasteiger partial charge >= 0.3 is 5.97 Å². The highest BCUT2D eigenvalue weighted by atomic mass is 32.2. The van der Waals surface area contributed by atoms with Gasteiger partial charge in [0.25, 0.3) is 0 Å². The molecule has 1 aliphatic heterocycles. The molecule has 3 atom stereocenters. The average molecular weight is 420 g/mol. The number of thioether (sulfide) groups is 1. The van der Waals surface area contributed by atoms with Crippen molar-refractivity contribution in [1.29, 1.82) is 0 Å². The largest absolute Gasteiger partial charge is 0.481 e. The molecule has 160 valence electrons. The van der Waals surface area contributed by atoms with Gasteiger partial charge in [-0.2, -0.15) is 11.8 Å². The molecule has 0 radical (unpaired) electrons. The molecule has 1 fully saturated rings. The molecule has 1 aromatic carbocycles. The number of carbonyl (C=O) groups is 2. The average Bonchev–Trinajstić information content (AvgIpc) is 3.07. The normalized spacial score (nSPS) is 19.0. The lowest BCUT2D eigenvalue weighted by Crippen LogP contribution is -2.34. The van der Waals surface area contributed by atoms with Crippen LogP contribution in [0.15, 0.2) is 42.5 Å². The van der Waals surface area contributed by atoms with Crippen LogP contribution in [-0.4, -0.2) is 57.2 Å². The van der Waals surface area contributed by atoms with Crippen LogP contribution in [0.25, 0.3) is 0 Å². The van der Waals surface area contributed by atoms with Crippen molar-refractivity contribution in [3.05, 3.63) is 48.0 Å². The van der Waals surface area contributed by atoms with E-state index in [0.717, 1.165) is 30.8 Å². The molecule has 0 spiro atoms. The summed E-state index contributed by atoms with van der Waals surface area (Å²) in [5.41, 5.74) is 1.28. The van der Waals surface area contributed by atoms with E-state index >= 15 is 0 Å². The predicted octanol–water partition coefficient (Wildman–Crippen LogP) is 3.76. The molecule has 0 aromatic heterocycles. The van der Waals surface area contributed by atoms with E-state index in [0.29, 0.717) is 19.4 Å². The summed E-state index contributed by atoms with van der Waals surface area (Å²) in [5.74, 6) is 1.17. The van der Waals surface area contributed by atoms with Gasteiger partial charge in [0.05, 0.1) is 12.1 Å². The van der Waals surface area contributed by atoms with Gasteiger partial charge in [0, 0.05) is 25.1 Å². The van der Waals surface area contributed by atoms with Gasteiger partial charge in [-0.05, 0) is 42.9 Å². The summed E-state index contributed by atoms with van der Waals surface area (Å²) in [7, 11) is 0. The van der Waals surface area contributed by atoms with Gasteiger partial charge in [-0.15, -0.1) is 0 Å². The van der Waals surface area contributed by atoms with Gasteiger partial charge in [-0.1, -0.05) is 49.4 Å². The molecule has 1 heterocycles. The lowest BCUT2D eigenvalue weighted by Gasteiger charge is -2.23. The Labute approximate surface area is 178 Å². The van der Waals surface area contributed by atoms with Gasteiger partial charge < -0.3 is 15.1 Å². The van der Waals surface area contributed by atoms with E-state index in [9.17, 15) is 14.7 Å². The fourth-order valence-electron chi connectivity index (χ4n) is 3.48. The van der Waals surface area contributed by atoms with Crippen molar-refractivity contribution >= 4 is 23.6 Å². The number of benzene rings is 1. The van der Waals surface area contributed by atoms with Crippen LogP contribution in [0.5, 0.6) is 0 Å². The molecule has 1 saturated heterocycles. The monoisotopic (exact) mass is 419 g/mol. The molecule has 29 heavy (non-hydrogen) atoms. The molecular weight excluding hydrogens is 386 g/mol. The number of carboxylic acids is 1. The third-order valence-corrected chi connectivity index (χ3v) is 6.42. The van der Waals surface area contributed by atoms with E-state index in [1.54, 1.807) is 11.8 Å². The van der Waals surface area contributed by atoms with Gasteiger partial charge in [0.15, 0.2) is 0 Å². The van der Waals surface area contributed by atoms with Crippen LogP contribution < -0.4 is 0 Å². The van der Waals surface area contributed by atoms with Crippen molar-refractivity contribution in [2.24, 2.45) is 5.92 Å². The number of carboxylic acid groups (broad SMARTS) is 1. The Kier molecular flexibility index (Phi) is 10.3. The first-order chi connectivity index (χ1) is 14.0. The van der Waals surface area contributed by atoms with Crippen molar-refractivity contribution in [2.75, 3.05) is 18.1 Å². The zero-order valence-electron chi connectivity index (χ0n) is 17.2. The highest BCUT2D eigenvalue weighted by Crippen LogP contribution is 2.22. The smallest absolute Gasteiger partial charge is 0.303 e. The molecule has 2 N–H and O–H groups in total. The second-order valence-corrected chi connectivity index (χ2v) is 8.90. The van der Waals surface area contributed by atoms with Crippen molar-refractivity contribution in [1.82, 2.24) is 4.90 Å². The Hall–Kier alpha value is -1.79. The number of amides is 1. The zero-order chi connectivity index (χ0) is 21.1. The number of nitrogens with zero attached hydrogens (tertiary/aromatic N) is 1. The quantitative estimate of drug-likeness (QED) is 0.376. The maximum Gasteiger partial charge on any atom is 0.303 e. The zero-order valence-corrected chi connectivity index (χ0v) is 18.0. The third kappa shape index (κ3) is 8.62. The van der Waals surface area contributed by atoms with E-state index in [-0.39, 0.29) is 24.3 Å². The summed E-state index contributed by atoms with van der Waals surface area (Å²) >= 11 is 1.69. The first kappa shape index (κ1) is 23.5. The van der Waals surface area contributed by atoms with Crippen molar-refractivity contribution in [2.45, 2.75) is 57.6 Å². The van der Waals surface area contributed by atoms with Crippen LogP contribution in [0, 0.1) is 5.92 Å². The second-order valence-electron chi connectivity index (χ2n) is 7.68. The number of carbonyl (C=O) groups excluding carboxylic acids is 1. The third-order valence-electron chi connectivity index (χ3n) is 5.38. The van der Waals surface area contributed by atoms with E-state index in [1.165, 1.54) is 5.56 Å². The number of aryl methyl sites for hydroxylation is 1. The molecule has 1 amide bonds. The lowest BCUT2D eigenvalue weighted by atomic mass is 9.95. The van der Waals surface area contributed by atoms with E-state index in [1.807, 2.05) is 35.3 Å². The summed E-state index contributed by atoms with van der Waals surface area (Å²) in [6.45, 7) is 2.73. The number of likely N-dealkylation sites (tertiary alicyclic amines) is 1. The number of rotatable bonds is 13. The first-order valence-electron chi connectivity index (χ1n) is 10.5. The summed E-state index contributed by atoms with van der Waals surface area (Å²) in [6.07, 6.45) is 7.39. The van der Waals surface area contributed by atoms with Crippen molar-refractivity contribution in [3.8, 4) is 0 Å². The molecule has 0 aliphatic carbocycles. The molecular formula is C23H33NO4S. The van der Waals surface area contributed by atoms with Gasteiger partial charge in [-0.3, -0.25) is 9.59 Å². The summed E-state index contributed by atoms with van der Waals surface area (Å²) in [6, 6.07) is 10.3. The van der Waals surface area contributed by atoms with Gasteiger partial charge in [-0.25, -0.2) is 0 Å². The Balaban J connectivity index is 1.73. The summed E-state index contributed by atoms with van der Waals surface area (Å²) in [5, 5.41) is 19.1. The minimum absolute atomic E-state index is 0.0538. The Morgan fingerprint density at radius 2 is 2.07 bits per heavy atom. The summed E-state index contributed by atoms with van der Waals surface area (Å²) < 4.78 is 0. The van der Waals surface area contributed by atoms with Gasteiger partial charge in [0.1, 0.15) is 0 Å². The molecule has 2 rings (SSSR count). The second kappa shape index (κ2) is 12.7. The standard InChI is InChI=1S/C23H33NO4S/c1-18(9-10-19-6-3-2-4-7-19)21(25)13-11-20-12-14-22(26)24(20)15-17-29-16-5-8-23(27)28/h2-4,6-7,11,13,18,20-21,25H,5,8-10,12,14-17H2,1H3,(H,27,28)/t18-,20-,21-/m0/s1. The van der Waals surface area contributed by atoms with Crippen LogP contribution in [0.4, 0.5) is 0 Å². The topological polar surface area (TPSA) is 77.8 Å². The molecule has 1 aromatic rings. The minimum atomic E-state index is -0.762. The van der Waals surface area contributed by atoms with Gasteiger partial charge in [0.2, 0.25) is 5.91 Å². The van der Waals surface area contributed by atoms with E-state index in [2.05, 4.69) is 19.1 Å². The fraction of sp³-hybridized carbons (Fsp3) is 0.565. The van der Waals surface area contributed by atoms with Crippen LogP contribution in [0.3, 0.4) is 0 Å². The SMILES string of the molecule is C[C@@H](CCc1ccccc1)[C@@H](O)C=C[C@H]1CCC(=O)N1CCSCCCC(=O)O. The van der Waals surface area contributed by atoms with Crippen LogP contribution in [0.1, 0.15) is 44.6 Å². The maximum atomic E-state index is 12.2. The summed E-state index contributed by atoms with van der Waals surface area (Å²) in [4.78, 5) is 24.6. The highest BCUT2D eigenvalue weighted by molar-refractivity contribution is 7.99. The number of hydrogen-bond acceptors (Lipinski definition) is 4. The predicted molar refractivity (Wildman–Crippen MR) is 118 cm³/mol. The Morgan fingerprint density at radius 3 is 2.79 bits per heavy atom. The lowest BCUT2D eigenvalue weighted by molar-refractivity contribution is -0.137. The van der Waals surface area contributed by atoms with E-state index < -0.39 is 12.1 Å². The molecule has 6 heteroatoms. The Morgan fingerprint density at radius 1 is 1.31 bits per heavy atom. The number of aliphatic carboxylic acids is 1. The minimum Gasteiger partial charge on any atom is -0.481 e. The highest BCUT2D eigenvalue weighted by Gasteiger charge is 2.28. The van der Waals surface area contributed by atoms with Crippen molar-refractivity contribution < 1.29 is 19.8 Å². The molecule has 0 bridgehead atoms. The fourth-order valence-corrected chi connectivity index (χ4v) is 4.36. The molecule has 5 nitrogen and oxygen atoms in total. The Bertz CT molecular complexity index is 664. The first-order valence-corrected chi connectivity index (χ1v) is 11.6. The maximum absolute atomic E-state index is 12.2. The number of aliphatic hydroxyl groups is 1. The number of hydrogen-bond donors (Lipinski definition) is 2. The van der Waals surface area contributed by atoms with Crippen LogP contribution in [-0.2, 0) is 16.0 Å². The molecule has 0 saturated carbocycles. The van der Waals surface area contributed by atoms with Crippen LogP contribution >= 0.6 is 11.8 Å². The molecule has 1 aliphatic rings. The van der Waals surface area contributed by atoms with E-state index in [4.69, 9.17) is 5.11 Å². The van der Waals surface area contributed by atoms with Crippen LogP contribution in [0.2, 0.25) is 0 Å². The van der Waals surface area contributed by atoms with Crippen molar-refractivity contribution in [3.63, 3.8) is 0 Å².